The Kier molecular flexibility index (Phi) is 6.21. The van der Waals surface area contributed by atoms with E-state index in [0.29, 0.717) is 11.7 Å². The van der Waals surface area contributed by atoms with Crippen LogP contribution in [0, 0.1) is 0 Å². The highest BCUT2D eigenvalue weighted by atomic mass is 16.1. The molecule has 0 unspecified atom stereocenters. The van der Waals surface area contributed by atoms with E-state index in [4.69, 9.17) is 0 Å². The fraction of sp³-hybridized carbons (Fsp3) is 0.350. The van der Waals surface area contributed by atoms with Crippen LogP contribution in [0.15, 0.2) is 60.7 Å². The molecule has 0 aliphatic heterocycles. The molecule has 2 aromatic rings. The molecule has 2 rings (SSSR count). The second-order valence-electron chi connectivity index (χ2n) is 5.68. The maximum atomic E-state index is 11.0. The van der Waals surface area contributed by atoms with Crippen molar-refractivity contribution in [2.45, 2.75) is 44.9 Å². The van der Waals surface area contributed by atoms with Gasteiger partial charge in [-0.25, -0.2) is 0 Å². The minimum atomic E-state index is 0.303. The minimum Gasteiger partial charge on any atom is -0.300 e. The van der Waals surface area contributed by atoms with Crippen LogP contribution >= 0.6 is 0 Å². The summed E-state index contributed by atoms with van der Waals surface area (Å²) in [5.41, 5.74) is 2.77. The van der Waals surface area contributed by atoms with Gasteiger partial charge in [0, 0.05) is 12.3 Å². The molecule has 0 radical (unpaired) electrons. The molecule has 1 nitrogen and oxygen atoms in total. The second-order valence-corrected chi connectivity index (χ2v) is 5.68. The summed E-state index contributed by atoms with van der Waals surface area (Å²) in [6, 6.07) is 21.4. The summed E-state index contributed by atoms with van der Waals surface area (Å²) in [4.78, 5) is 11.0. The first-order valence-electron chi connectivity index (χ1n) is 7.86. The molecule has 0 heterocycles. The van der Waals surface area contributed by atoms with Gasteiger partial charge in [0.05, 0.1) is 0 Å². The summed E-state index contributed by atoms with van der Waals surface area (Å²) in [5.74, 6) is 0.766. The zero-order chi connectivity index (χ0) is 14.9. The monoisotopic (exact) mass is 280 g/mol. The largest absolute Gasteiger partial charge is 0.300 e. The van der Waals surface area contributed by atoms with Crippen LogP contribution in [0.2, 0.25) is 0 Å². The van der Waals surface area contributed by atoms with Crippen LogP contribution in [0.4, 0.5) is 0 Å². The average molecular weight is 280 g/mol. The number of Topliss-reactive ketones (excluding diaryl/α,β-unsaturated/α-hetero) is 1. The van der Waals surface area contributed by atoms with Gasteiger partial charge in [0.15, 0.2) is 0 Å². The third kappa shape index (κ3) is 5.18. The summed E-state index contributed by atoms with van der Waals surface area (Å²) >= 11 is 0. The van der Waals surface area contributed by atoms with E-state index in [1.54, 1.807) is 6.92 Å². The number of benzene rings is 2. The van der Waals surface area contributed by atoms with Crippen LogP contribution in [0.25, 0.3) is 0 Å². The molecule has 0 aliphatic carbocycles. The molecule has 0 aliphatic rings. The lowest BCUT2D eigenvalue weighted by atomic mass is 9.87. The molecule has 2 aromatic carbocycles. The Morgan fingerprint density at radius 3 is 1.81 bits per heavy atom. The van der Waals surface area contributed by atoms with Crippen molar-refractivity contribution in [3.8, 4) is 0 Å². The summed E-state index contributed by atoms with van der Waals surface area (Å²) in [5, 5.41) is 0. The van der Waals surface area contributed by atoms with Gasteiger partial charge in [0.25, 0.3) is 0 Å². The Bertz CT molecular complexity index is 491. The molecule has 0 bridgehead atoms. The lowest BCUT2D eigenvalue weighted by Gasteiger charge is -2.18. The molecule has 0 spiro atoms. The van der Waals surface area contributed by atoms with Crippen molar-refractivity contribution in [1.82, 2.24) is 0 Å². The van der Waals surface area contributed by atoms with Crippen molar-refractivity contribution < 1.29 is 4.79 Å². The Morgan fingerprint density at radius 2 is 1.33 bits per heavy atom. The number of carbonyl (C=O) groups is 1. The van der Waals surface area contributed by atoms with Gasteiger partial charge < -0.3 is 4.79 Å². The smallest absolute Gasteiger partial charge is 0.129 e. The molecule has 0 aromatic heterocycles. The number of rotatable bonds is 8. The first-order chi connectivity index (χ1) is 10.3. The highest BCUT2D eigenvalue weighted by molar-refractivity contribution is 5.75. The van der Waals surface area contributed by atoms with Gasteiger partial charge in [0.2, 0.25) is 0 Å². The first kappa shape index (κ1) is 15.5. The Morgan fingerprint density at radius 1 is 0.810 bits per heavy atom. The summed E-state index contributed by atoms with van der Waals surface area (Å²) < 4.78 is 0. The molecule has 0 N–H and O–H groups in total. The second kappa shape index (κ2) is 8.41. The maximum absolute atomic E-state index is 11.0. The van der Waals surface area contributed by atoms with Crippen molar-refractivity contribution >= 4 is 5.78 Å². The summed E-state index contributed by atoms with van der Waals surface area (Å²) in [6.07, 6.45) is 5.19. The number of unbranched alkanes of at least 4 members (excludes halogenated alkanes) is 2. The highest BCUT2D eigenvalue weighted by Crippen LogP contribution is 2.29. The zero-order valence-corrected chi connectivity index (χ0v) is 12.8. The molecule has 0 amide bonds. The summed E-state index contributed by atoms with van der Waals surface area (Å²) in [7, 11) is 0. The minimum absolute atomic E-state index is 0.303. The number of hydrogen-bond donors (Lipinski definition) is 0. The quantitative estimate of drug-likeness (QED) is 0.595. The van der Waals surface area contributed by atoms with Crippen molar-refractivity contribution in [1.29, 1.82) is 0 Å². The number of carbonyl (C=O) groups excluding carboxylic acids is 1. The van der Waals surface area contributed by atoms with E-state index in [2.05, 4.69) is 60.7 Å². The van der Waals surface area contributed by atoms with Crippen LogP contribution in [-0.4, -0.2) is 5.78 Å². The fourth-order valence-corrected chi connectivity index (χ4v) is 2.80. The maximum Gasteiger partial charge on any atom is 0.129 e. The third-order valence-electron chi connectivity index (χ3n) is 3.93. The zero-order valence-electron chi connectivity index (χ0n) is 12.8. The van der Waals surface area contributed by atoms with Gasteiger partial charge in [-0.05, 0) is 30.9 Å². The van der Waals surface area contributed by atoms with Gasteiger partial charge in [-0.1, -0.05) is 73.5 Å². The van der Waals surface area contributed by atoms with Crippen LogP contribution in [0.3, 0.4) is 0 Å². The fourth-order valence-electron chi connectivity index (χ4n) is 2.80. The van der Waals surface area contributed by atoms with Crippen molar-refractivity contribution in [3.05, 3.63) is 71.8 Å². The van der Waals surface area contributed by atoms with Crippen LogP contribution < -0.4 is 0 Å². The van der Waals surface area contributed by atoms with Gasteiger partial charge in [-0.2, -0.15) is 0 Å². The standard InChI is InChI=1S/C20H24O/c1-17(21)11-5-2-10-16-20(18-12-6-3-7-13-18)19-14-8-4-9-15-19/h3-4,6-9,12-15,20H,2,5,10-11,16H2,1H3. The molecule has 0 saturated carbocycles. The van der Waals surface area contributed by atoms with Crippen LogP contribution in [0.1, 0.15) is 56.1 Å². The Balaban J connectivity index is 1.99. The number of hydrogen-bond acceptors (Lipinski definition) is 1. The SMILES string of the molecule is CC(=O)CCCCCC(c1ccccc1)c1ccccc1. The lowest BCUT2D eigenvalue weighted by molar-refractivity contribution is -0.117. The van der Waals surface area contributed by atoms with E-state index in [1.807, 2.05) is 0 Å². The van der Waals surface area contributed by atoms with Gasteiger partial charge in [0.1, 0.15) is 5.78 Å². The first-order valence-corrected chi connectivity index (χ1v) is 7.86. The predicted octanol–water partition coefficient (Wildman–Crippen LogP) is 5.36. The van der Waals surface area contributed by atoms with E-state index in [1.165, 1.54) is 17.5 Å². The van der Waals surface area contributed by atoms with Crippen molar-refractivity contribution in [2.24, 2.45) is 0 Å². The van der Waals surface area contributed by atoms with Crippen molar-refractivity contribution in [3.63, 3.8) is 0 Å². The molecule has 110 valence electrons. The average Bonchev–Trinajstić information content (AvgIpc) is 2.52. The highest BCUT2D eigenvalue weighted by Gasteiger charge is 2.13. The molecule has 0 saturated heterocycles. The van der Waals surface area contributed by atoms with Gasteiger partial charge in [-0.15, -0.1) is 0 Å². The topological polar surface area (TPSA) is 17.1 Å². The predicted molar refractivity (Wildman–Crippen MR) is 88.5 cm³/mol. The Labute approximate surface area is 128 Å². The van der Waals surface area contributed by atoms with E-state index >= 15 is 0 Å². The van der Waals surface area contributed by atoms with Crippen molar-refractivity contribution in [2.75, 3.05) is 0 Å². The summed E-state index contributed by atoms with van der Waals surface area (Å²) in [6.45, 7) is 1.68. The molecular formula is C20H24O. The molecular weight excluding hydrogens is 256 g/mol. The van der Waals surface area contributed by atoms with Crippen LogP contribution in [-0.2, 0) is 4.79 Å². The normalized spacial score (nSPS) is 10.8. The molecule has 21 heavy (non-hydrogen) atoms. The van der Waals surface area contributed by atoms with Gasteiger partial charge in [-0.3, -0.25) is 0 Å². The Hall–Kier alpha value is -1.89. The van der Waals surface area contributed by atoms with E-state index in [-0.39, 0.29) is 0 Å². The molecule has 0 atom stereocenters. The third-order valence-corrected chi connectivity index (χ3v) is 3.93. The molecule has 0 fully saturated rings. The molecule has 1 heteroatoms. The lowest BCUT2D eigenvalue weighted by Crippen LogP contribution is -2.01. The van der Waals surface area contributed by atoms with E-state index in [0.717, 1.165) is 25.7 Å². The number of ketones is 1. The van der Waals surface area contributed by atoms with E-state index < -0.39 is 0 Å². The van der Waals surface area contributed by atoms with Gasteiger partial charge >= 0.3 is 0 Å². The van der Waals surface area contributed by atoms with Crippen LogP contribution in [0.5, 0.6) is 0 Å². The van der Waals surface area contributed by atoms with E-state index in [9.17, 15) is 4.79 Å².